The average molecular weight is 336 g/mol. The number of benzene rings is 1. The number of hydrogen-bond acceptors (Lipinski definition) is 5. The van der Waals surface area contributed by atoms with Gasteiger partial charge in [-0.15, -0.1) is 0 Å². The van der Waals surface area contributed by atoms with E-state index in [0.29, 0.717) is 17.0 Å². The molecule has 0 spiro atoms. The molecule has 1 unspecified atom stereocenters. The number of hydrogen-bond donors (Lipinski definition) is 1. The molecule has 1 N–H and O–H groups in total. The van der Waals surface area contributed by atoms with E-state index in [9.17, 15) is 4.79 Å². The van der Waals surface area contributed by atoms with Crippen LogP contribution in [-0.4, -0.2) is 30.1 Å². The van der Waals surface area contributed by atoms with Crippen molar-refractivity contribution in [2.45, 2.75) is 25.9 Å². The van der Waals surface area contributed by atoms with Crippen LogP contribution in [0.15, 0.2) is 42.6 Å². The summed E-state index contributed by atoms with van der Waals surface area (Å²) in [7, 11) is 0. The first-order valence-electron chi connectivity index (χ1n) is 8.35. The number of carbonyl (C=O) groups excluding carboxylic acids is 1. The molecule has 2 aromatic rings. The van der Waals surface area contributed by atoms with Crippen molar-refractivity contribution < 1.29 is 9.53 Å². The molecule has 1 aromatic carbocycles. The van der Waals surface area contributed by atoms with Gasteiger partial charge in [-0.3, -0.25) is 4.79 Å². The molecule has 1 aliphatic rings. The van der Waals surface area contributed by atoms with Gasteiger partial charge in [-0.05, 0) is 56.2 Å². The number of anilines is 2. The summed E-state index contributed by atoms with van der Waals surface area (Å²) in [5, 5.41) is 11.7. The van der Waals surface area contributed by atoms with Crippen LogP contribution < -0.4 is 15.0 Å². The van der Waals surface area contributed by atoms with E-state index in [1.165, 1.54) is 0 Å². The van der Waals surface area contributed by atoms with Crippen molar-refractivity contribution in [2.24, 2.45) is 0 Å². The molecule has 0 radical (unpaired) electrons. The van der Waals surface area contributed by atoms with E-state index in [2.05, 4.69) is 15.2 Å². The Labute approximate surface area is 147 Å². The Morgan fingerprint density at radius 3 is 2.68 bits per heavy atom. The third kappa shape index (κ3) is 4.07. The van der Waals surface area contributed by atoms with E-state index >= 15 is 0 Å². The summed E-state index contributed by atoms with van der Waals surface area (Å²) in [6.07, 6.45) is 3.35. The minimum atomic E-state index is -0.667. The van der Waals surface area contributed by atoms with E-state index < -0.39 is 6.10 Å². The normalized spacial score (nSPS) is 14.6. The lowest BCUT2D eigenvalue weighted by Gasteiger charge is -2.21. The van der Waals surface area contributed by atoms with Crippen molar-refractivity contribution in [2.75, 3.05) is 23.3 Å². The predicted molar refractivity (Wildman–Crippen MR) is 95.6 cm³/mol. The summed E-state index contributed by atoms with van der Waals surface area (Å²) in [6, 6.07) is 12.4. The highest BCUT2D eigenvalue weighted by molar-refractivity contribution is 5.96. The maximum absolute atomic E-state index is 12.5. The van der Waals surface area contributed by atoms with Gasteiger partial charge >= 0.3 is 0 Å². The Bertz CT molecular complexity index is 777. The lowest BCUT2D eigenvalue weighted by atomic mass is 10.2. The first-order valence-corrected chi connectivity index (χ1v) is 8.35. The van der Waals surface area contributed by atoms with Crippen molar-refractivity contribution >= 4 is 17.4 Å². The number of pyridine rings is 1. The monoisotopic (exact) mass is 336 g/mol. The average Bonchev–Trinajstić information content (AvgIpc) is 3.17. The van der Waals surface area contributed by atoms with Crippen molar-refractivity contribution in [3.05, 3.63) is 48.2 Å². The molecule has 1 fully saturated rings. The van der Waals surface area contributed by atoms with Gasteiger partial charge in [0, 0.05) is 19.3 Å². The molecule has 3 rings (SSSR count). The second kappa shape index (κ2) is 7.67. The van der Waals surface area contributed by atoms with Crippen LogP contribution in [0.1, 0.15) is 25.3 Å². The molecule has 6 nitrogen and oxygen atoms in total. The topological polar surface area (TPSA) is 78.2 Å². The quantitative estimate of drug-likeness (QED) is 0.908. The highest BCUT2D eigenvalue weighted by Gasteiger charge is 2.20. The van der Waals surface area contributed by atoms with E-state index in [0.717, 1.165) is 31.7 Å². The molecular formula is C19H20N4O2. The number of carbonyl (C=O) groups is 1. The van der Waals surface area contributed by atoms with Crippen LogP contribution in [0, 0.1) is 11.3 Å². The highest BCUT2D eigenvalue weighted by atomic mass is 16.5. The third-order valence-corrected chi connectivity index (χ3v) is 4.12. The van der Waals surface area contributed by atoms with Gasteiger partial charge in [0.25, 0.3) is 5.91 Å². The molecule has 0 bridgehead atoms. The number of nitrogens with zero attached hydrogens (tertiary/aromatic N) is 3. The standard InChI is InChI=1S/C19H20N4O2/c1-14(25-16-8-6-15(13-20)7-9-16)19(24)22-17-5-4-10-21-18(17)23-11-2-3-12-23/h4-10,14H,2-3,11-12H2,1H3,(H,22,24). The van der Waals surface area contributed by atoms with Crippen LogP contribution in [-0.2, 0) is 4.79 Å². The molecule has 25 heavy (non-hydrogen) atoms. The maximum atomic E-state index is 12.5. The minimum Gasteiger partial charge on any atom is -0.481 e. The molecular weight excluding hydrogens is 316 g/mol. The molecule has 2 heterocycles. The van der Waals surface area contributed by atoms with E-state index in [1.54, 1.807) is 43.5 Å². The fraction of sp³-hybridized carbons (Fsp3) is 0.316. The molecule has 1 saturated heterocycles. The SMILES string of the molecule is CC(Oc1ccc(C#N)cc1)C(=O)Nc1cccnc1N1CCCC1. The molecule has 0 saturated carbocycles. The van der Waals surface area contributed by atoms with Gasteiger partial charge in [0.2, 0.25) is 0 Å². The van der Waals surface area contributed by atoms with Crippen LogP contribution in [0.4, 0.5) is 11.5 Å². The van der Waals surface area contributed by atoms with Crippen molar-refractivity contribution in [1.82, 2.24) is 4.98 Å². The van der Waals surface area contributed by atoms with Gasteiger partial charge in [-0.25, -0.2) is 4.98 Å². The van der Waals surface area contributed by atoms with Crippen LogP contribution >= 0.6 is 0 Å². The summed E-state index contributed by atoms with van der Waals surface area (Å²) in [6.45, 7) is 3.60. The molecule has 1 aliphatic heterocycles. The lowest BCUT2D eigenvalue weighted by Crippen LogP contribution is -2.31. The van der Waals surface area contributed by atoms with Gasteiger partial charge in [-0.2, -0.15) is 5.26 Å². The van der Waals surface area contributed by atoms with Gasteiger partial charge in [0.15, 0.2) is 11.9 Å². The van der Waals surface area contributed by atoms with Crippen LogP contribution in [0.2, 0.25) is 0 Å². The maximum Gasteiger partial charge on any atom is 0.265 e. The van der Waals surface area contributed by atoms with E-state index in [-0.39, 0.29) is 5.91 Å². The van der Waals surface area contributed by atoms with E-state index in [4.69, 9.17) is 10.00 Å². The number of aromatic nitrogens is 1. The molecule has 1 amide bonds. The van der Waals surface area contributed by atoms with E-state index in [1.807, 2.05) is 12.1 Å². The van der Waals surface area contributed by atoms with Crippen molar-refractivity contribution in [1.29, 1.82) is 5.26 Å². The number of nitriles is 1. The smallest absolute Gasteiger partial charge is 0.265 e. The van der Waals surface area contributed by atoms with Gasteiger partial charge in [0.05, 0.1) is 17.3 Å². The zero-order chi connectivity index (χ0) is 17.6. The summed E-state index contributed by atoms with van der Waals surface area (Å²) in [4.78, 5) is 19.1. The Morgan fingerprint density at radius 2 is 2.00 bits per heavy atom. The lowest BCUT2D eigenvalue weighted by molar-refractivity contribution is -0.122. The zero-order valence-corrected chi connectivity index (χ0v) is 14.1. The molecule has 1 atom stereocenters. The van der Waals surface area contributed by atoms with Crippen LogP contribution in [0.5, 0.6) is 5.75 Å². The van der Waals surface area contributed by atoms with Gasteiger partial charge < -0.3 is 15.0 Å². The Balaban J connectivity index is 1.66. The number of nitrogens with one attached hydrogen (secondary N) is 1. The summed E-state index contributed by atoms with van der Waals surface area (Å²) >= 11 is 0. The second-order valence-electron chi connectivity index (χ2n) is 5.95. The Hall–Kier alpha value is -3.07. The minimum absolute atomic E-state index is 0.238. The molecule has 0 aliphatic carbocycles. The van der Waals surface area contributed by atoms with Crippen molar-refractivity contribution in [3.8, 4) is 11.8 Å². The molecule has 128 valence electrons. The van der Waals surface area contributed by atoms with Crippen LogP contribution in [0.25, 0.3) is 0 Å². The summed E-state index contributed by atoms with van der Waals surface area (Å²) < 4.78 is 5.66. The largest absolute Gasteiger partial charge is 0.481 e. The predicted octanol–water partition coefficient (Wildman–Crippen LogP) is 2.96. The zero-order valence-electron chi connectivity index (χ0n) is 14.1. The third-order valence-electron chi connectivity index (χ3n) is 4.12. The molecule has 6 heteroatoms. The first-order chi connectivity index (χ1) is 12.2. The number of amides is 1. The summed E-state index contributed by atoms with van der Waals surface area (Å²) in [5.41, 5.74) is 1.25. The van der Waals surface area contributed by atoms with Crippen molar-refractivity contribution in [3.63, 3.8) is 0 Å². The number of ether oxygens (including phenoxy) is 1. The fourth-order valence-electron chi connectivity index (χ4n) is 2.78. The number of rotatable bonds is 5. The van der Waals surface area contributed by atoms with Crippen LogP contribution in [0.3, 0.4) is 0 Å². The van der Waals surface area contributed by atoms with Gasteiger partial charge in [-0.1, -0.05) is 0 Å². The first kappa shape index (κ1) is 16.8. The molecule has 1 aromatic heterocycles. The fourth-order valence-corrected chi connectivity index (χ4v) is 2.78. The Kier molecular flexibility index (Phi) is 5.14. The Morgan fingerprint density at radius 1 is 1.28 bits per heavy atom. The second-order valence-corrected chi connectivity index (χ2v) is 5.95. The van der Waals surface area contributed by atoms with Gasteiger partial charge in [0.1, 0.15) is 5.75 Å². The highest BCUT2D eigenvalue weighted by Crippen LogP contribution is 2.26. The summed E-state index contributed by atoms with van der Waals surface area (Å²) in [5.74, 6) is 1.12.